The van der Waals surface area contributed by atoms with Crippen LogP contribution in [0.2, 0.25) is 5.02 Å². The van der Waals surface area contributed by atoms with Gasteiger partial charge in [-0.2, -0.15) is 0 Å². The van der Waals surface area contributed by atoms with Crippen molar-refractivity contribution in [2.45, 2.75) is 13.5 Å². The van der Waals surface area contributed by atoms with Gasteiger partial charge < -0.3 is 14.6 Å². The highest BCUT2D eigenvalue weighted by molar-refractivity contribution is 8.18. The molecule has 184 valence electrons. The van der Waals surface area contributed by atoms with Crippen molar-refractivity contribution in [3.05, 3.63) is 93.3 Å². The number of hydrogen-bond acceptors (Lipinski definition) is 6. The molecule has 0 saturated carbocycles. The van der Waals surface area contributed by atoms with Gasteiger partial charge in [-0.3, -0.25) is 9.69 Å². The molecule has 1 aliphatic rings. The topological polar surface area (TPSA) is 88.4 Å². The van der Waals surface area contributed by atoms with Crippen LogP contribution in [-0.4, -0.2) is 40.7 Å². The van der Waals surface area contributed by atoms with E-state index in [2.05, 4.69) is 4.99 Å². The predicted octanol–water partition coefficient (Wildman–Crippen LogP) is 6.25. The van der Waals surface area contributed by atoms with Crippen molar-refractivity contribution >= 4 is 52.2 Å². The number of nitrogens with zero attached hydrogens (tertiary/aromatic N) is 2. The molecule has 0 aromatic heterocycles. The molecular formula is C27H23ClN2O5S. The molecule has 0 aliphatic carbocycles. The monoisotopic (exact) mass is 522 g/mol. The van der Waals surface area contributed by atoms with Crippen LogP contribution in [0.25, 0.3) is 6.08 Å². The fourth-order valence-corrected chi connectivity index (χ4v) is 4.76. The highest BCUT2D eigenvalue weighted by Crippen LogP contribution is 2.36. The molecule has 0 radical (unpaired) electrons. The van der Waals surface area contributed by atoms with Crippen molar-refractivity contribution in [1.29, 1.82) is 0 Å². The smallest absolute Gasteiger partial charge is 0.335 e. The van der Waals surface area contributed by atoms with Crippen molar-refractivity contribution in [2.24, 2.45) is 4.99 Å². The van der Waals surface area contributed by atoms with E-state index in [0.717, 1.165) is 11.1 Å². The Kier molecular flexibility index (Phi) is 7.97. The summed E-state index contributed by atoms with van der Waals surface area (Å²) in [5.74, 6) is -0.124. The Morgan fingerprint density at radius 1 is 1.11 bits per heavy atom. The second-order valence-electron chi connectivity index (χ2n) is 7.70. The number of amidine groups is 1. The van der Waals surface area contributed by atoms with Crippen LogP contribution in [0.15, 0.2) is 76.6 Å². The molecule has 7 nitrogen and oxygen atoms in total. The van der Waals surface area contributed by atoms with Gasteiger partial charge in [0.1, 0.15) is 6.61 Å². The molecule has 1 heterocycles. The minimum Gasteiger partial charge on any atom is -0.493 e. The number of methoxy groups -OCH3 is 1. The van der Waals surface area contributed by atoms with Crippen molar-refractivity contribution in [2.75, 3.05) is 13.7 Å². The minimum atomic E-state index is -1.03. The number of ether oxygens (including phenoxy) is 2. The number of carbonyl (C=O) groups excluding carboxylic acids is 1. The maximum Gasteiger partial charge on any atom is 0.335 e. The molecule has 3 aromatic rings. The number of thioether (sulfide) groups is 1. The van der Waals surface area contributed by atoms with Gasteiger partial charge in [-0.1, -0.05) is 41.9 Å². The van der Waals surface area contributed by atoms with E-state index in [1.807, 2.05) is 37.3 Å². The standard InChI is InChI=1S/C27H23ClN2O5S/c1-3-30-25(31)24(36-27(30)29-20-9-6-8-18(15-20)26(32)33)14-17-11-12-22(23(13-17)34-2)35-16-19-7-4-5-10-21(19)28/h4-15H,3,16H2,1-2H3,(H,32,33)/b24-14-,29-27?. The lowest BCUT2D eigenvalue weighted by Crippen LogP contribution is -2.28. The number of carboxylic acid groups (broad SMARTS) is 1. The van der Waals surface area contributed by atoms with Crippen LogP contribution in [0.4, 0.5) is 5.69 Å². The molecule has 36 heavy (non-hydrogen) atoms. The third kappa shape index (κ3) is 5.72. The molecule has 1 amide bonds. The fraction of sp³-hybridized carbons (Fsp3) is 0.148. The Morgan fingerprint density at radius 3 is 2.64 bits per heavy atom. The van der Waals surface area contributed by atoms with E-state index in [0.29, 0.717) is 45.4 Å². The van der Waals surface area contributed by atoms with E-state index in [4.69, 9.17) is 21.1 Å². The third-order valence-corrected chi connectivity index (χ3v) is 6.72. The van der Waals surface area contributed by atoms with Crippen LogP contribution < -0.4 is 9.47 Å². The summed E-state index contributed by atoms with van der Waals surface area (Å²) in [4.78, 5) is 30.9. The van der Waals surface area contributed by atoms with Crippen LogP contribution in [0.3, 0.4) is 0 Å². The minimum absolute atomic E-state index is 0.133. The van der Waals surface area contributed by atoms with Crippen LogP contribution in [0.5, 0.6) is 11.5 Å². The van der Waals surface area contributed by atoms with Crippen molar-refractivity contribution in [3.63, 3.8) is 0 Å². The normalized spacial score (nSPS) is 15.5. The van der Waals surface area contributed by atoms with E-state index in [-0.39, 0.29) is 11.5 Å². The first-order valence-electron chi connectivity index (χ1n) is 11.1. The highest BCUT2D eigenvalue weighted by Gasteiger charge is 2.32. The van der Waals surface area contributed by atoms with Crippen molar-refractivity contribution in [3.8, 4) is 11.5 Å². The van der Waals surface area contributed by atoms with E-state index in [1.165, 1.54) is 23.9 Å². The summed E-state index contributed by atoms with van der Waals surface area (Å²) in [5, 5.41) is 10.3. The van der Waals surface area contributed by atoms with Gasteiger partial charge >= 0.3 is 5.97 Å². The zero-order chi connectivity index (χ0) is 25.7. The summed E-state index contributed by atoms with van der Waals surface area (Å²) in [5.41, 5.74) is 2.22. The SMILES string of the molecule is CCN1C(=O)/C(=C/c2ccc(OCc3ccccc3Cl)c(OC)c2)SC1=Nc1cccc(C(=O)O)c1. The maximum atomic E-state index is 13.0. The average Bonchev–Trinajstić information content (AvgIpc) is 3.17. The summed E-state index contributed by atoms with van der Waals surface area (Å²) in [6.45, 7) is 2.58. The number of benzene rings is 3. The molecule has 1 aliphatic heterocycles. The first-order chi connectivity index (χ1) is 17.4. The zero-order valence-electron chi connectivity index (χ0n) is 19.6. The summed E-state index contributed by atoms with van der Waals surface area (Å²) in [6.07, 6.45) is 1.77. The molecule has 1 N–H and O–H groups in total. The van der Waals surface area contributed by atoms with Gasteiger partial charge in [-0.15, -0.1) is 0 Å². The molecule has 3 aromatic carbocycles. The number of hydrogen-bond donors (Lipinski definition) is 1. The lowest BCUT2D eigenvalue weighted by molar-refractivity contribution is -0.122. The largest absolute Gasteiger partial charge is 0.493 e. The number of halogens is 1. The lowest BCUT2D eigenvalue weighted by atomic mass is 10.1. The van der Waals surface area contributed by atoms with Crippen LogP contribution in [0.1, 0.15) is 28.4 Å². The van der Waals surface area contributed by atoms with Gasteiger partial charge in [-0.25, -0.2) is 9.79 Å². The summed E-state index contributed by atoms with van der Waals surface area (Å²) < 4.78 is 11.4. The molecule has 1 saturated heterocycles. The summed E-state index contributed by atoms with van der Waals surface area (Å²) in [7, 11) is 1.55. The highest BCUT2D eigenvalue weighted by atomic mass is 35.5. The Hall–Kier alpha value is -3.75. The average molecular weight is 523 g/mol. The molecule has 0 bridgehead atoms. The Balaban J connectivity index is 1.56. The molecule has 0 atom stereocenters. The number of rotatable bonds is 8. The number of amides is 1. The first-order valence-corrected chi connectivity index (χ1v) is 12.3. The van der Waals surface area contributed by atoms with Crippen LogP contribution in [0, 0.1) is 0 Å². The van der Waals surface area contributed by atoms with Gasteiger partial charge in [0, 0.05) is 17.1 Å². The Bertz CT molecular complexity index is 1370. The van der Waals surface area contributed by atoms with Gasteiger partial charge in [-0.05, 0) is 66.7 Å². The van der Waals surface area contributed by atoms with Crippen molar-refractivity contribution < 1.29 is 24.2 Å². The number of carbonyl (C=O) groups is 2. The van der Waals surface area contributed by atoms with E-state index >= 15 is 0 Å². The van der Waals surface area contributed by atoms with E-state index in [9.17, 15) is 14.7 Å². The van der Waals surface area contributed by atoms with Crippen molar-refractivity contribution in [1.82, 2.24) is 4.90 Å². The summed E-state index contributed by atoms with van der Waals surface area (Å²) >= 11 is 7.45. The molecule has 0 unspecified atom stereocenters. The number of aliphatic imine (C=N–C) groups is 1. The molecule has 0 spiro atoms. The molecule has 9 heteroatoms. The molecule has 4 rings (SSSR count). The quantitative estimate of drug-likeness (QED) is 0.352. The van der Waals surface area contributed by atoms with Gasteiger partial charge in [0.25, 0.3) is 5.91 Å². The lowest BCUT2D eigenvalue weighted by Gasteiger charge is -2.12. The number of aromatic carboxylic acids is 1. The second-order valence-corrected chi connectivity index (χ2v) is 9.12. The van der Waals surface area contributed by atoms with E-state index < -0.39 is 5.97 Å². The van der Waals surface area contributed by atoms with Gasteiger partial charge in [0.2, 0.25) is 0 Å². The first kappa shape index (κ1) is 25.3. The number of likely N-dealkylation sites (N-methyl/N-ethyl adjacent to an activating group) is 1. The summed E-state index contributed by atoms with van der Waals surface area (Å²) in [6, 6.07) is 19.2. The fourth-order valence-electron chi connectivity index (χ4n) is 3.50. The molecule has 1 fully saturated rings. The number of carboxylic acids is 1. The Morgan fingerprint density at radius 2 is 1.92 bits per heavy atom. The second kappa shape index (κ2) is 11.3. The van der Waals surface area contributed by atoms with Gasteiger partial charge in [0.05, 0.1) is 23.3 Å². The third-order valence-electron chi connectivity index (χ3n) is 5.35. The predicted molar refractivity (Wildman–Crippen MR) is 142 cm³/mol. The molecular weight excluding hydrogens is 500 g/mol. The van der Waals surface area contributed by atoms with Gasteiger partial charge in [0.15, 0.2) is 16.7 Å². The van der Waals surface area contributed by atoms with Crippen LogP contribution >= 0.6 is 23.4 Å². The van der Waals surface area contributed by atoms with E-state index in [1.54, 1.807) is 42.4 Å². The van der Waals surface area contributed by atoms with Crippen LogP contribution in [-0.2, 0) is 11.4 Å². The maximum absolute atomic E-state index is 13.0. The Labute approximate surface area is 218 Å². The zero-order valence-corrected chi connectivity index (χ0v) is 21.2.